The van der Waals surface area contributed by atoms with Gasteiger partial charge in [0.1, 0.15) is 0 Å². The summed E-state index contributed by atoms with van der Waals surface area (Å²) < 4.78 is 0. The van der Waals surface area contributed by atoms with Crippen molar-refractivity contribution in [3.8, 4) is 0 Å². The number of anilines is 1. The van der Waals surface area contributed by atoms with Gasteiger partial charge in [0, 0.05) is 11.6 Å². The molecule has 0 bridgehead atoms. The van der Waals surface area contributed by atoms with Crippen LogP contribution in [-0.4, -0.2) is 6.54 Å². The first kappa shape index (κ1) is 14.3. The molecule has 0 spiro atoms. The van der Waals surface area contributed by atoms with Crippen molar-refractivity contribution in [2.45, 2.75) is 0 Å². The van der Waals surface area contributed by atoms with E-state index in [9.17, 15) is 0 Å². The fourth-order valence-electron chi connectivity index (χ4n) is 1.63. The van der Waals surface area contributed by atoms with E-state index in [1.54, 1.807) is 12.1 Å². The zero-order valence-electron chi connectivity index (χ0n) is 10.0. The summed E-state index contributed by atoms with van der Waals surface area (Å²) >= 11 is 18.0. The molecule has 2 rings (SSSR count). The highest BCUT2D eigenvalue weighted by Crippen LogP contribution is 2.33. The number of hydrogen-bond acceptors (Lipinski definition) is 1. The molecule has 0 aliphatic carbocycles. The summed E-state index contributed by atoms with van der Waals surface area (Å²) in [7, 11) is 0. The van der Waals surface area contributed by atoms with Gasteiger partial charge in [0.15, 0.2) is 0 Å². The lowest BCUT2D eigenvalue weighted by molar-refractivity contribution is 1.34. The molecule has 1 N–H and O–H groups in total. The lowest BCUT2D eigenvalue weighted by Crippen LogP contribution is -1.99. The molecule has 0 aromatic heterocycles. The molecule has 0 unspecified atom stereocenters. The van der Waals surface area contributed by atoms with Gasteiger partial charge < -0.3 is 5.32 Å². The molecule has 4 heteroatoms. The molecule has 0 aliphatic rings. The first-order chi connectivity index (χ1) is 9.16. The first-order valence-corrected chi connectivity index (χ1v) is 6.90. The second-order valence-corrected chi connectivity index (χ2v) is 5.19. The molecule has 0 radical (unpaired) electrons. The third-order valence-electron chi connectivity index (χ3n) is 2.51. The van der Waals surface area contributed by atoms with Gasteiger partial charge in [-0.25, -0.2) is 0 Å². The predicted octanol–water partition coefficient (Wildman–Crippen LogP) is 5.77. The van der Waals surface area contributed by atoms with E-state index in [4.69, 9.17) is 34.8 Å². The number of hydrogen-bond donors (Lipinski definition) is 1. The summed E-state index contributed by atoms with van der Waals surface area (Å²) in [5.74, 6) is 0. The maximum atomic E-state index is 6.08. The van der Waals surface area contributed by atoms with Gasteiger partial charge in [-0.05, 0) is 17.7 Å². The van der Waals surface area contributed by atoms with Crippen LogP contribution in [-0.2, 0) is 0 Å². The summed E-state index contributed by atoms with van der Waals surface area (Å²) in [4.78, 5) is 0. The van der Waals surface area contributed by atoms with Gasteiger partial charge in [0.05, 0.1) is 15.7 Å². The number of nitrogens with one attached hydrogen (secondary N) is 1. The van der Waals surface area contributed by atoms with Crippen molar-refractivity contribution in [2.75, 3.05) is 11.9 Å². The second-order valence-electron chi connectivity index (χ2n) is 3.94. The molecule has 0 atom stereocenters. The van der Waals surface area contributed by atoms with E-state index in [0.29, 0.717) is 27.3 Å². The number of benzene rings is 2. The lowest BCUT2D eigenvalue weighted by atomic mass is 10.2. The van der Waals surface area contributed by atoms with Gasteiger partial charge >= 0.3 is 0 Å². The molecule has 0 saturated carbocycles. The monoisotopic (exact) mass is 311 g/mol. The Morgan fingerprint density at radius 2 is 1.58 bits per heavy atom. The smallest absolute Gasteiger partial charge is 0.0722 e. The summed E-state index contributed by atoms with van der Waals surface area (Å²) in [6.07, 6.45) is 4.04. The highest BCUT2D eigenvalue weighted by Gasteiger charge is 2.06. The standard InChI is InChI=1S/C15H12Cl3N/c16-12-9-13(17)15(14(18)10-12)19-8-4-7-11-5-2-1-3-6-11/h1-7,9-10,19H,8H2/b7-4+. The van der Waals surface area contributed by atoms with Crippen molar-refractivity contribution in [3.05, 3.63) is 69.2 Å². The number of rotatable bonds is 4. The molecule has 0 heterocycles. The Hall–Kier alpha value is -1.15. The van der Waals surface area contributed by atoms with Gasteiger partial charge in [0.25, 0.3) is 0 Å². The van der Waals surface area contributed by atoms with Crippen LogP contribution in [0, 0.1) is 0 Å². The molecular formula is C15H12Cl3N. The third kappa shape index (κ3) is 4.17. The molecule has 0 aliphatic heterocycles. The van der Waals surface area contributed by atoms with Crippen LogP contribution in [0.3, 0.4) is 0 Å². The minimum absolute atomic E-state index is 0.519. The largest absolute Gasteiger partial charge is 0.379 e. The van der Waals surface area contributed by atoms with Crippen molar-refractivity contribution in [2.24, 2.45) is 0 Å². The van der Waals surface area contributed by atoms with Crippen LogP contribution in [0.2, 0.25) is 15.1 Å². The minimum Gasteiger partial charge on any atom is -0.379 e. The molecule has 1 nitrogen and oxygen atoms in total. The van der Waals surface area contributed by atoms with E-state index < -0.39 is 0 Å². The summed E-state index contributed by atoms with van der Waals surface area (Å²) in [6.45, 7) is 0.635. The highest BCUT2D eigenvalue weighted by atomic mass is 35.5. The van der Waals surface area contributed by atoms with Crippen LogP contribution in [0.15, 0.2) is 48.5 Å². The molecule has 0 amide bonds. The van der Waals surface area contributed by atoms with Crippen LogP contribution in [0.1, 0.15) is 5.56 Å². The fourth-order valence-corrected chi connectivity index (χ4v) is 2.58. The van der Waals surface area contributed by atoms with Gasteiger partial charge in [-0.3, -0.25) is 0 Å². The Balaban J connectivity index is 1.98. The zero-order valence-corrected chi connectivity index (χ0v) is 12.3. The minimum atomic E-state index is 0.519. The first-order valence-electron chi connectivity index (χ1n) is 5.77. The summed E-state index contributed by atoms with van der Waals surface area (Å²) in [5, 5.41) is 4.74. The molecule has 98 valence electrons. The van der Waals surface area contributed by atoms with E-state index in [2.05, 4.69) is 5.32 Å². The Labute approximate surface area is 127 Å². The van der Waals surface area contributed by atoms with Crippen LogP contribution >= 0.6 is 34.8 Å². The fraction of sp³-hybridized carbons (Fsp3) is 0.0667. The van der Waals surface area contributed by atoms with Gasteiger partial charge in [-0.1, -0.05) is 77.3 Å². The zero-order chi connectivity index (χ0) is 13.7. The van der Waals surface area contributed by atoms with Crippen LogP contribution in [0.4, 0.5) is 5.69 Å². The predicted molar refractivity (Wildman–Crippen MR) is 85.4 cm³/mol. The van der Waals surface area contributed by atoms with E-state index >= 15 is 0 Å². The Morgan fingerprint density at radius 1 is 0.947 bits per heavy atom. The number of halogens is 3. The van der Waals surface area contributed by atoms with Crippen LogP contribution in [0.5, 0.6) is 0 Å². The van der Waals surface area contributed by atoms with Crippen molar-refractivity contribution in [1.29, 1.82) is 0 Å². The molecule has 2 aromatic carbocycles. The molecule has 0 fully saturated rings. The average Bonchev–Trinajstić information content (AvgIpc) is 2.38. The van der Waals surface area contributed by atoms with Crippen molar-refractivity contribution < 1.29 is 0 Å². The Bertz CT molecular complexity index is 556. The third-order valence-corrected chi connectivity index (χ3v) is 3.33. The molecule has 0 saturated heterocycles. The second kappa shape index (κ2) is 6.85. The highest BCUT2D eigenvalue weighted by molar-refractivity contribution is 6.41. The van der Waals surface area contributed by atoms with Crippen molar-refractivity contribution >= 4 is 46.6 Å². The molecule has 2 aromatic rings. The van der Waals surface area contributed by atoms with Gasteiger partial charge in [-0.15, -0.1) is 0 Å². The molecule has 19 heavy (non-hydrogen) atoms. The van der Waals surface area contributed by atoms with Crippen LogP contribution < -0.4 is 5.32 Å². The van der Waals surface area contributed by atoms with E-state index in [0.717, 1.165) is 5.56 Å². The average molecular weight is 313 g/mol. The van der Waals surface area contributed by atoms with E-state index in [1.165, 1.54) is 0 Å². The van der Waals surface area contributed by atoms with Crippen LogP contribution in [0.25, 0.3) is 6.08 Å². The quantitative estimate of drug-likeness (QED) is 0.755. The summed E-state index contributed by atoms with van der Waals surface area (Å²) in [6, 6.07) is 13.4. The lowest BCUT2D eigenvalue weighted by Gasteiger charge is -2.08. The Morgan fingerprint density at radius 3 is 2.21 bits per heavy atom. The topological polar surface area (TPSA) is 12.0 Å². The van der Waals surface area contributed by atoms with Crippen molar-refractivity contribution in [3.63, 3.8) is 0 Å². The Kier molecular flexibility index (Phi) is 5.15. The normalized spacial score (nSPS) is 10.9. The van der Waals surface area contributed by atoms with Crippen molar-refractivity contribution in [1.82, 2.24) is 0 Å². The maximum Gasteiger partial charge on any atom is 0.0722 e. The van der Waals surface area contributed by atoms with Gasteiger partial charge in [-0.2, -0.15) is 0 Å². The van der Waals surface area contributed by atoms with E-state index in [1.807, 2.05) is 42.5 Å². The SMILES string of the molecule is Clc1cc(Cl)c(NC/C=C/c2ccccc2)c(Cl)c1. The maximum absolute atomic E-state index is 6.08. The van der Waals surface area contributed by atoms with Gasteiger partial charge in [0.2, 0.25) is 0 Å². The summed E-state index contributed by atoms with van der Waals surface area (Å²) in [5.41, 5.74) is 1.85. The van der Waals surface area contributed by atoms with E-state index in [-0.39, 0.29) is 0 Å². The molecular weight excluding hydrogens is 301 g/mol.